The molecule has 4 aromatic rings. The highest BCUT2D eigenvalue weighted by Crippen LogP contribution is 2.32. The fourth-order valence-corrected chi connectivity index (χ4v) is 5.41. The Kier molecular flexibility index (Phi) is 7.90. The molecule has 0 atom stereocenters. The smallest absolute Gasteiger partial charge is 0.283 e. The van der Waals surface area contributed by atoms with Gasteiger partial charge in [-0.2, -0.15) is 0 Å². The van der Waals surface area contributed by atoms with Gasteiger partial charge in [0.15, 0.2) is 5.11 Å². The van der Waals surface area contributed by atoms with Crippen LogP contribution >= 0.6 is 24.0 Å². The average molecular weight is 583 g/mol. The van der Waals surface area contributed by atoms with Crippen LogP contribution in [-0.2, 0) is 14.4 Å². The maximum absolute atomic E-state index is 13.3. The van der Waals surface area contributed by atoms with E-state index in [0.717, 1.165) is 28.1 Å². The van der Waals surface area contributed by atoms with Gasteiger partial charge in [-0.05, 0) is 77.4 Å². The molecule has 1 aliphatic heterocycles. The number of carbonyl (C=O) groups is 3. The van der Waals surface area contributed by atoms with E-state index in [9.17, 15) is 24.5 Å². The summed E-state index contributed by atoms with van der Waals surface area (Å²) in [6.45, 7) is 1.86. The Balaban J connectivity index is 1.33. The van der Waals surface area contributed by atoms with Crippen molar-refractivity contribution in [2.45, 2.75) is 11.8 Å². The van der Waals surface area contributed by atoms with Crippen molar-refractivity contribution < 1.29 is 19.3 Å². The van der Waals surface area contributed by atoms with Crippen molar-refractivity contribution >= 4 is 80.7 Å². The van der Waals surface area contributed by atoms with Crippen LogP contribution < -0.4 is 15.5 Å². The highest BCUT2D eigenvalue weighted by Gasteiger charge is 2.34. The Bertz CT molecular complexity index is 1790. The maximum Gasteiger partial charge on any atom is 0.283 e. The van der Waals surface area contributed by atoms with Gasteiger partial charge in [0.2, 0.25) is 5.91 Å². The number of thiocarbonyl (C=S) groups is 1. The summed E-state index contributed by atoms with van der Waals surface area (Å²) in [6.07, 6.45) is 1.29. The second kappa shape index (κ2) is 11.7. The second-order valence-corrected chi connectivity index (χ2v) is 10.6. The van der Waals surface area contributed by atoms with Gasteiger partial charge in [0, 0.05) is 11.8 Å². The molecule has 0 saturated carbocycles. The van der Waals surface area contributed by atoms with E-state index < -0.39 is 16.7 Å². The lowest BCUT2D eigenvalue weighted by Gasteiger charge is -2.29. The van der Waals surface area contributed by atoms with Crippen LogP contribution in [0.4, 0.5) is 17.1 Å². The van der Waals surface area contributed by atoms with Crippen molar-refractivity contribution in [2.75, 3.05) is 16.0 Å². The van der Waals surface area contributed by atoms with E-state index in [2.05, 4.69) is 10.6 Å². The molecule has 1 fully saturated rings. The first kappa shape index (κ1) is 27.7. The van der Waals surface area contributed by atoms with E-state index in [-0.39, 0.29) is 38.5 Å². The third kappa shape index (κ3) is 6.16. The number of fused-ring (bicyclic) bond motifs is 1. The lowest BCUT2D eigenvalue weighted by molar-refractivity contribution is -0.387. The number of nitrogens with one attached hydrogen (secondary N) is 2. The first-order valence-electron chi connectivity index (χ1n) is 12.4. The summed E-state index contributed by atoms with van der Waals surface area (Å²) in [5, 5.41) is 19.2. The van der Waals surface area contributed by atoms with E-state index in [1.165, 1.54) is 23.1 Å². The molecule has 1 aliphatic rings. The number of hydrogen-bond donors (Lipinski definition) is 2. The van der Waals surface area contributed by atoms with Gasteiger partial charge in [-0.3, -0.25) is 34.7 Å². The standard InChI is InChI=1S/C30H22N4O5S2/c1-18-5-4-8-23(13-18)33-29(37)24(28(36)32-30(33)40)14-19-9-12-26(25(15-19)34(38)39)41-17-27(35)31-22-11-10-20-6-2-3-7-21(20)16-22/h2-16H,17H2,1H3,(H,31,35)(H,32,36,40)/b24-14+. The van der Waals surface area contributed by atoms with Crippen LogP contribution in [0.5, 0.6) is 0 Å². The molecular weight excluding hydrogens is 560 g/mol. The third-order valence-electron chi connectivity index (χ3n) is 6.24. The Hall–Kier alpha value is -4.87. The van der Waals surface area contributed by atoms with Crippen molar-refractivity contribution in [3.8, 4) is 0 Å². The second-order valence-electron chi connectivity index (χ2n) is 9.18. The molecule has 4 aromatic carbocycles. The summed E-state index contributed by atoms with van der Waals surface area (Å²) in [6, 6.07) is 24.7. The molecule has 204 valence electrons. The number of carbonyl (C=O) groups excluding carboxylic acids is 3. The van der Waals surface area contributed by atoms with Crippen LogP contribution in [0.2, 0.25) is 0 Å². The van der Waals surface area contributed by atoms with Gasteiger partial charge in [0.1, 0.15) is 5.57 Å². The van der Waals surface area contributed by atoms with Gasteiger partial charge in [0.25, 0.3) is 17.5 Å². The Morgan fingerprint density at radius 3 is 2.56 bits per heavy atom. The number of thioether (sulfide) groups is 1. The molecule has 0 radical (unpaired) electrons. The van der Waals surface area contributed by atoms with Crippen molar-refractivity contribution in [1.29, 1.82) is 0 Å². The third-order valence-corrected chi connectivity index (χ3v) is 7.59. The van der Waals surface area contributed by atoms with Gasteiger partial charge in [-0.1, -0.05) is 48.5 Å². The Labute approximate surface area is 244 Å². The van der Waals surface area contributed by atoms with Crippen molar-refractivity contribution in [3.05, 3.63) is 112 Å². The molecule has 0 aromatic heterocycles. The minimum atomic E-state index is -0.699. The first-order chi connectivity index (χ1) is 19.7. The fraction of sp³-hybridized carbons (Fsp3) is 0.0667. The zero-order valence-corrected chi connectivity index (χ0v) is 23.3. The van der Waals surface area contributed by atoms with E-state index in [0.29, 0.717) is 11.4 Å². The number of anilines is 2. The van der Waals surface area contributed by atoms with Crippen molar-refractivity contribution in [2.24, 2.45) is 0 Å². The largest absolute Gasteiger partial charge is 0.325 e. The van der Waals surface area contributed by atoms with Gasteiger partial charge in [-0.15, -0.1) is 11.8 Å². The van der Waals surface area contributed by atoms with E-state index in [1.807, 2.05) is 49.4 Å². The summed E-state index contributed by atoms with van der Waals surface area (Å²) in [5.74, 6) is -1.72. The molecule has 11 heteroatoms. The van der Waals surface area contributed by atoms with Gasteiger partial charge < -0.3 is 5.32 Å². The molecule has 5 rings (SSSR count). The number of amides is 3. The number of rotatable bonds is 7. The fourth-order valence-electron chi connectivity index (χ4n) is 4.32. The SMILES string of the molecule is Cc1cccc(N2C(=O)/C(=C/c3ccc(SCC(=O)Nc4ccc5ccccc5c4)c([N+](=O)[O-])c3)C(=O)NC2=S)c1. The molecule has 41 heavy (non-hydrogen) atoms. The van der Waals surface area contributed by atoms with Gasteiger partial charge in [0.05, 0.1) is 21.3 Å². The topological polar surface area (TPSA) is 122 Å². The van der Waals surface area contributed by atoms with Gasteiger partial charge >= 0.3 is 0 Å². The molecule has 1 saturated heterocycles. The predicted octanol–water partition coefficient (Wildman–Crippen LogP) is 5.62. The quantitative estimate of drug-likeness (QED) is 0.0725. The number of aryl methyl sites for hydroxylation is 1. The molecule has 0 spiro atoms. The first-order valence-corrected chi connectivity index (χ1v) is 13.8. The number of nitrogens with zero attached hydrogens (tertiary/aromatic N) is 2. The molecule has 3 amide bonds. The van der Waals surface area contributed by atoms with E-state index in [1.54, 1.807) is 30.3 Å². The Morgan fingerprint density at radius 1 is 1.02 bits per heavy atom. The zero-order valence-electron chi connectivity index (χ0n) is 21.6. The zero-order chi connectivity index (χ0) is 29.1. The van der Waals surface area contributed by atoms with Crippen LogP contribution in [0.3, 0.4) is 0 Å². The predicted molar refractivity (Wildman–Crippen MR) is 164 cm³/mol. The maximum atomic E-state index is 13.3. The number of benzene rings is 4. The van der Waals surface area contributed by atoms with Gasteiger partial charge in [-0.25, -0.2) is 0 Å². The summed E-state index contributed by atoms with van der Waals surface area (Å²) in [5.41, 5.74) is 1.82. The molecule has 1 heterocycles. The molecule has 0 bridgehead atoms. The number of nitro benzene ring substituents is 1. The normalized spacial score (nSPS) is 14.3. The van der Waals surface area contributed by atoms with Crippen LogP contribution in [0.15, 0.2) is 95.4 Å². The minimum Gasteiger partial charge on any atom is -0.325 e. The monoisotopic (exact) mass is 582 g/mol. The van der Waals surface area contributed by atoms with Crippen LogP contribution in [-0.4, -0.2) is 33.5 Å². The number of nitro groups is 1. The lowest BCUT2D eigenvalue weighted by atomic mass is 10.1. The van der Waals surface area contributed by atoms with Crippen LogP contribution in [0.1, 0.15) is 11.1 Å². The lowest BCUT2D eigenvalue weighted by Crippen LogP contribution is -2.54. The molecular formula is C30H22N4O5S2. The summed E-state index contributed by atoms with van der Waals surface area (Å²) >= 11 is 6.24. The highest BCUT2D eigenvalue weighted by atomic mass is 32.2. The summed E-state index contributed by atoms with van der Waals surface area (Å²) in [7, 11) is 0. The highest BCUT2D eigenvalue weighted by molar-refractivity contribution is 8.00. The Morgan fingerprint density at radius 2 is 1.80 bits per heavy atom. The van der Waals surface area contributed by atoms with E-state index in [4.69, 9.17) is 12.2 Å². The van der Waals surface area contributed by atoms with Crippen molar-refractivity contribution in [3.63, 3.8) is 0 Å². The minimum absolute atomic E-state index is 0.0533. The summed E-state index contributed by atoms with van der Waals surface area (Å²) in [4.78, 5) is 51.3. The molecule has 9 nitrogen and oxygen atoms in total. The average Bonchev–Trinajstić information content (AvgIpc) is 2.94. The molecule has 0 unspecified atom stereocenters. The number of hydrogen-bond acceptors (Lipinski definition) is 7. The summed E-state index contributed by atoms with van der Waals surface area (Å²) < 4.78 is 0. The van der Waals surface area contributed by atoms with Crippen molar-refractivity contribution in [1.82, 2.24) is 5.32 Å². The van der Waals surface area contributed by atoms with Crippen LogP contribution in [0, 0.1) is 17.0 Å². The van der Waals surface area contributed by atoms with E-state index >= 15 is 0 Å². The molecule has 2 N–H and O–H groups in total. The molecule has 0 aliphatic carbocycles. The van der Waals surface area contributed by atoms with Crippen LogP contribution in [0.25, 0.3) is 16.8 Å².